The predicted molar refractivity (Wildman–Crippen MR) is 77.6 cm³/mol. The maximum Gasteiger partial charge on any atom is 0.156 e. The normalized spacial score (nSPS) is 24.9. The van der Waals surface area contributed by atoms with Crippen LogP contribution in [0.3, 0.4) is 0 Å². The van der Waals surface area contributed by atoms with E-state index in [0.29, 0.717) is 0 Å². The van der Waals surface area contributed by atoms with Crippen LogP contribution in [0.15, 0.2) is 4.99 Å². The van der Waals surface area contributed by atoms with E-state index in [0.717, 1.165) is 42.0 Å². The highest BCUT2D eigenvalue weighted by atomic mass is 32.2. The molecule has 0 aromatic carbocycles. The first-order valence-corrected chi connectivity index (χ1v) is 7.91. The minimum atomic E-state index is 0.744. The van der Waals surface area contributed by atoms with Crippen molar-refractivity contribution in [2.75, 3.05) is 13.1 Å². The van der Waals surface area contributed by atoms with Crippen molar-refractivity contribution < 1.29 is 0 Å². The Morgan fingerprint density at radius 1 is 1.24 bits per heavy atom. The lowest BCUT2D eigenvalue weighted by molar-refractivity contribution is 0.288. The molecular weight excluding hydrogens is 228 g/mol. The van der Waals surface area contributed by atoms with Crippen LogP contribution in [0.4, 0.5) is 0 Å². The fourth-order valence-electron chi connectivity index (χ4n) is 2.65. The van der Waals surface area contributed by atoms with Crippen LogP contribution >= 0.6 is 11.8 Å². The van der Waals surface area contributed by atoms with Crippen molar-refractivity contribution in [2.24, 2.45) is 28.7 Å². The number of nitrogens with zero attached hydrogens (tertiary/aromatic N) is 1. The Labute approximate surface area is 110 Å². The second-order valence-corrected chi connectivity index (χ2v) is 7.40. The van der Waals surface area contributed by atoms with Crippen LogP contribution in [-0.4, -0.2) is 23.5 Å². The van der Waals surface area contributed by atoms with E-state index in [-0.39, 0.29) is 0 Å². The minimum Gasteiger partial charge on any atom is -0.365 e. The summed E-state index contributed by atoms with van der Waals surface area (Å²) in [5, 5.41) is 5.56. The van der Waals surface area contributed by atoms with Gasteiger partial charge in [0.25, 0.3) is 0 Å². The summed E-state index contributed by atoms with van der Waals surface area (Å²) >= 11 is 1.99. The van der Waals surface area contributed by atoms with Crippen LogP contribution in [-0.2, 0) is 0 Å². The van der Waals surface area contributed by atoms with Crippen LogP contribution in [0.5, 0.6) is 0 Å². The summed E-state index contributed by atoms with van der Waals surface area (Å²) in [4.78, 5) is 4.64. The zero-order valence-electron chi connectivity index (χ0n) is 11.6. The molecule has 2 aliphatic rings. The molecule has 2 rings (SSSR count). The van der Waals surface area contributed by atoms with Gasteiger partial charge in [0.15, 0.2) is 5.17 Å². The van der Waals surface area contributed by atoms with Crippen molar-refractivity contribution in [1.29, 1.82) is 0 Å². The van der Waals surface area contributed by atoms with Gasteiger partial charge in [0, 0.05) is 11.8 Å². The molecule has 1 fully saturated rings. The Morgan fingerprint density at radius 2 is 1.88 bits per heavy atom. The van der Waals surface area contributed by atoms with Crippen molar-refractivity contribution in [3.05, 3.63) is 0 Å². The topological polar surface area (TPSA) is 24.4 Å². The monoisotopic (exact) mass is 254 g/mol. The van der Waals surface area contributed by atoms with E-state index in [9.17, 15) is 0 Å². The van der Waals surface area contributed by atoms with Crippen LogP contribution in [0.2, 0.25) is 0 Å². The molecule has 98 valence electrons. The van der Waals surface area contributed by atoms with Crippen LogP contribution in [0, 0.1) is 23.7 Å². The molecule has 0 saturated heterocycles. The average Bonchev–Trinajstić information content (AvgIpc) is 2.99. The van der Waals surface area contributed by atoms with Crippen molar-refractivity contribution >= 4 is 16.9 Å². The highest BCUT2D eigenvalue weighted by molar-refractivity contribution is 8.14. The molecule has 0 amide bonds. The third kappa shape index (κ3) is 3.64. The SMILES string of the molecule is CC(C)C(CNC1=NCC(C2CC2)S1)C(C)C. The Hall–Kier alpha value is -0.180. The largest absolute Gasteiger partial charge is 0.365 e. The standard InChI is InChI=1S/C14H26N2S/c1-9(2)12(10(3)4)7-15-14-16-8-13(17-14)11-5-6-11/h9-13H,5-8H2,1-4H3,(H,15,16). The van der Waals surface area contributed by atoms with Crippen molar-refractivity contribution in [1.82, 2.24) is 5.32 Å². The maximum absolute atomic E-state index is 4.64. The molecule has 1 N–H and O–H groups in total. The van der Waals surface area contributed by atoms with Gasteiger partial charge < -0.3 is 5.32 Å². The number of rotatable bonds is 5. The molecule has 0 aromatic heterocycles. The molecule has 2 nitrogen and oxygen atoms in total. The van der Waals surface area contributed by atoms with E-state index in [2.05, 4.69) is 38.0 Å². The Bertz CT molecular complexity index is 274. The zero-order valence-corrected chi connectivity index (χ0v) is 12.4. The fraction of sp³-hybridized carbons (Fsp3) is 0.929. The Kier molecular flexibility index (Phi) is 4.40. The number of hydrogen-bond acceptors (Lipinski definition) is 3. The zero-order chi connectivity index (χ0) is 12.4. The molecule has 1 atom stereocenters. The Balaban J connectivity index is 1.74. The van der Waals surface area contributed by atoms with E-state index in [1.54, 1.807) is 0 Å². The minimum absolute atomic E-state index is 0.744. The van der Waals surface area contributed by atoms with Gasteiger partial charge in [0.1, 0.15) is 0 Å². The summed E-state index contributed by atoms with van der Waals surface area (Å²) in [6, 6.07) is 0. The second kappa shape index (κ2) is 5.64. The Morgan fingerprint density at radius 3 is 2.41 bits per heavy atom. The van der Waals surface area contributed by atoms with Gasteiger partial charge in [-0.3, -0.25) is 4.99 Å². The van der Waals surface area contributed by atoms with E-state index in [1.807, 2.05) is 11.8 Å². The van der Waals surface area contributed by atoms with Crippen molar-refractivity contribution in [3.63, 3.8) is 0 Å². The number of nitrogens with one attached hydrogen (secondary N) is 1. The van der Waals surface area contributed by atoms with Gasteiger partial charge in [-0.05, 0) is 36.5 Å². The molecule has 0 spiro atoms. The van der Waals surface area contributed by atoms with Gasteiger partial charge in [-0.1, -0.05) is 39.5 Å². The first-order valence-electron chi connectivity index (χ1n) is 7.03. The quantitative estimate of drug-likeness (QED) is 0.813. The maximum atomic E-state index is 4.64. The van der Waals surface area contributed by atoms with E-state index in [1.165, 1.54) is 18.0 Å². The highest BCUT2D eigenvalue weighted by Crippen LogP contribution is 2.41. The second-order valence-electron chi connectivity index (χ2n) is 6.17. The summed E-state index contributed by atoms with van der Waals surface area (Å²) in [5.74, 6) is 3.20. The van der Waals surface area contributed by atoms with Crippen molar-refractivity contribution in [2.45, 2.75) is 45.8 Å². The third-order valence-electron chi connectivity index (χ3n) is 4.03. The number of amidine groups is 1. The number of hydrogen-bond donors (Lipinski definition) is 1. The summed E-state index contributed by atoms with van der Waals surface area (Å²) in [7, 11) is 0. The van der Waals surface area contributed by atoms with Gasteiger partial charge in [0.05, 0.1) is 6.54 Å². The van der Waals surface area contributed by atoms with E-state index >= 15 is 0 Å². The molecular formula is C14H26N2S. The van der Waals surface area contributed by atoms with Crippen molar-refractivity contribution in [3.8, 4) is 0 Å². The molecule has 1 saturated carbocycles. The van der Waals surface area contributed by atoms with Crippen LogP contribution in [0.25, 0.3) is 0 Å². The smallest absolute Gasteiger partial charge is 0.156 e. The summed E-state index contributed by atoms with van der Waals surface area (Å²) in [6.45, 7) is 11.4. The van der Waals surface area contributed by atoms with Crippen LogP contribution < -0.4 is 5.32 Å². The molecule has 0 radical (unpaired) electrons. The molecule has 0 aromatic rings. The molecule has 3 heteroatoms. The lowest BCUT2D eigenvalue weighted by Crippen LogP contribution is -2.32. The first kappa shape index (κ1) is 13.3. The molecule has 0 bridgehead atoms. The van der Waals surface area contributed by atoms with Gasteiger partial charge in [0.2, 0.25) is 0 Å². The number of thioether (sulfide) groups is 1. The molecule has 1 aliphatic heterocycles. The molecule has 1 unspecified atom stereocenters. The predicted octanol–water partition coefficient (Wildman–Crippen LogP) is 3.39. The van der Waals surface area contributed by atoms with Gasteiger partial charge in [-0.2, -0.15) is 0 Å². The molecule has 1 heterocycles. The molecule has 17 heavy (non-hydrogen) atoms. The fourth-order valence-corrected chi connectivity index (χ4v) is 3.86. The van der Waals surface area contributed by atoms with Gasteiger partial charge in [-0.25, -0.2) is 0 Å². The van der Waals surface area contributed by atoms with Crippen LogP contribution in [0.1, 0.15) is 40.5 Å². The first-order chi connectivity index (χ1) is 8.08. The summed E-state index contributed by atoms with van der Waals surface area (Å²) in [6.07, 6.45) is 2.86. The number of aliphatic imine (C=N–C) groups is 1. The average molecular weight is 254 g/mol. The summed E-state index contributed by atoms with van der Waals surface area (Å²) < 4.78 is 0. The highest BCUT2D eigenvalue weighted by Gasteiger charge is 2.35. The third-order valence-corrected chi connectivity index (χ3v) is 5.36. The lowest BCUT2D eigenvalue weighted by Gasteiger charge is -2.25. The summed E-state index contributed by atoms with van der Waals surface area (Å²) in [5.41, 5.74) is 0. The van der Waals surface area contributed by atoms with Gasteiger partial charge in [-0.15, -0.1) is 0 Å². The lowest BCUT2D eigenvalue weighted by atomic mass is 9.86. The molecule has 1 aliphatic carbocycles. The van der Waals surface area contributed by atoms with Gasteiger partial charge >= 0.3 is 0 Å². The van der Waals surface area contributed by atoms with E-state index < -0.39 is 0 Å². The van der Waals surface area contributed by atoms with E-state index in [4.69, 9.17) is 0 Å².